The van der Waals surface area contributed by atoms with E-state index in [1.165, 1.54) is 5.56 Å². The zero-order valence-corrected chi connectivity index (χ0v) is 11.9. The highest BCUT2D eigenvalue weighted by atomic mass is 16.7. The number of aliphatic hydroxyl groups is 3. The van der Waals surface area contributed by atoms with Crippen LogP contribution in [0.5, 0.6) is 0 Å². The van der Waals surface area contributed by atoms with Crippen LogP contribution in [0.1, 0.15) is 24.0 Å². The summed E-state index contributed by atoms with van der Waals surface area (Å²) in [7, 11) is 0. The number of benzene rings is 1. The molecule has 4 atom stereocenters. The lowest BCUT2D eigenvalue weighted by molar-refractivity contribution is -0.339. The smallest absolute Gasteiger partial charge is 0.201 e. The summed E-state index contributed by atoms with van der Waals surface area (Å²) in [6.07, 6.45) is -0.388. The second-order valence-electron chi connectivity index (χ2n) is 5.86. The van der Waals surface area contributed by atoms with E-state index in [0.717, 1.165) is 12.0 Å². The fourth-order valence-electron chi connectivity index (χ4n) is 3.30. The fraction of sp³-hybridized carbons (Fsp3) is 0.625. The third-order valence-corrected chi connectivity index (χ3v) is 4.41. The van der Waals surface area contributed by atoms with Crippen molar-refractivity contribution in [2.24, 2.45) is 0 Å². The van der Waals surface area contributed by atoms with Crippen molar-refractivity contribution in [3.63, 3.8) is 0 Å². The van der Waals surface area contributed by atoms with Gasteiger partial charge in [-0.15, -0.1) is 0 Å². The summed E-state index contributed by atoms with van der Waals surface area (Å²) in [5.74, 6) is -1.22. The zero-order valence-electron chi connectivity index (χ0n) is 11.9. The van der Waals surface area contributed by atoms with E-state index in [-0.39, 0.29) is 12.7 Å². The van der Waals surface area contributed by atoms with Crippen LogP contribution in [0, 0.1) is 0 Å². The Morgan fingerprint density at radius 3 is 2.71 bits per heavy atom. The zero-order chi connectivity index (χ0) is 14.9. The van der Waals surface area contributed by atoms with Gasteiger partial charge in [0.2, 0.25) is 5.79 Å². The van der Waals surface area contributed by atoms with Crippen molar-refractivity contribution in [2.45, 2.75) is 49.8 Å². The van der Waals surface area contributed by atoms with Crippen molar-refractivity contribution in [3.05, 3.63) is 35.4 Å². The highest BCUT2D eigenvalue weighted by Gasteiger charge is 2.51. The summed E-state index contributed by atoms with van der Waals surface area (Å²) in [5.41, 5.74) is 2.26. The minimum absolute atomic E-state index is 0.0137. The molecule has 1 spiro atoms. The number of rotatable bonds is 2. The Morgan fingerprint density at radius 1 is 1.19 bits per heavy atom. The van der Waals surface area contributed by atoms with E-state index in [2.05, 4.69) is 6.07 Å². The van der Waals surface area contributed by atoms with Crippen molar-refractivity contribution in [3.8, 4) is 0 Å². The first-order valence-corrected chi connectivity index (χ1v) is 7.50. The van der Waals surface area contributed by atoms with E-state index in [0.29, 0.717) is 25.9 Å². The van der Waals surface area contributed by atoms with E-state index < -0.39 is 18.0 Å². The molecule has 0 aliphatic carbocycles. The molecule has 116 valence electrons. The summed E-state index contributed by atoms with van der Waals surface area (Å²) in [5, 5.41) is 29.7. The molecule has 0 bridgehead atoms. The van der Waals surface area contributed by atoms with Gasteiger partial charge >= 0.3 is 0 Å². The lowest BCUT2D eigenvalue weighted by Crippen LogP contribution is -2.60. The van der Waals surface area contributed by atoms with Gasteiger partial charge in [-0.1, -0.05) is 24.3 Å². The molecular formula is C16H22O5. The third-order valence-electron chi connectivity index (χ3n) is 4.41. The van der Waals surface area contributed by atoms with Crippen LogP contribution in [0.15, 0.2) is 24.3 Å². The van der Waals surface area contributed by atoms with Gasteiger partial charge in [0, 0.05) is 19.4 Å². The van der Waals surface area contributed by atoms with E-state index in [1.807, 2.05) is 18.2 Å². The van der Waals surface area contributed by atoms with Crippen LogP contribution in [0.3, 0.4) is 0 Å². The third kappa shape index (κ3) is 2.84. The first-order valence-electron chi connectivity index (χ1n) is 7.50. The highest BCUT2D eigenvalue weighted by Crippen LogP contribution is 2.37. The van der Waals surface area contributed by atoms with Gasteiger partial charge in [-0.3, -0.25) is 0 Å². The summed E-state index contributed by atoms with van der Waals surface area (Å²) in [6.45, 7) is 0.423. The molecule has 0 radical (unpaired) electrons. The fourth-order valence-corrected chi connectivity index (χ4v) is 3.30. The molecule has 1 aromatic rings. The van der Waals surface area contributed by atoms with Crippen molar-refractivity contribution >= 4 is 0 Å². The predicted octanol–water partition coefficient (Wildman–Crippen LogP) is 0.391. The Hall–Kier alpha value is -0.980. The van der Waals surface area contributed by atoms with Crippen LogP contribution in [0.4, 0.5) is 0 Å². The van der Waals surface area contributed by atoms with Crippen LogP contribution in [0.2, 0.25) is 0 Å². The van der Waals surface area contributed by atoms with Crippen molar-refractivity contribution in [1.82, 2.24) is 0 Å². The predicted molar refractivity (Wildman–Crippen MR) is 75.7 cm³/mol. The molecule has 1 saturated heterocycles. The molecule has 3 rings (SSSR count). The van der Waals surface area contributed by atoms with Gasteiger partial charge in [0.25, 0.3) is 0 Å². The Morgan fingerprint density at radius 2 is 1.95 bits per heavy atom. The summed E-state index contributed by atoms with van der Waals surface area (Å²) in [6, 6.07) is 7.99. The first-order chi connectivity index (χ1) is 10.1. The average molecular weight is 294 g/mol. The number of fused-ring (bicyclic) bond motifs is 1. The normalized spacial score (nSPS) is 36.2. The van der Waals surface area contributed by atoms with Gasteiger partial charge in [0.15, 0.2) is 0 Å². The van der Waals surface area contributed by atoms with Crippen LogP contribution in [-0.4, -0.2) is 52.6 Å². The van der Waals surface area contributed by atoms with Crippen LogP contribution in [-0.2, 0) is 22.3 Å². The lowest BCUT2D eigenvalue weighted by Gasteiger charge is -2.46. The lowest BCUT2D eigenvalue weighted by atomic mass is 9.88. The number of hydrogen-bond donors (Lipinski definition) is 3. The maximum absolute atomic E-state index is 10.4. The number of ether oxygens (including phenoxy) is 2. The highest BCUT2D eigenvalue weighted by molar-refractivity contribution is 5.30. The van der Waals surface area contributed by atoms with Gasteiger partial charge in [0.05, 0.1) is 18.8 Å². The maximum Gasteiger partial charge on any atom is 0.201 e. The Labute approximate surface area is 124 Å². The van der Waals surface area contributed by atoms with E-state index in [1.54, 1.807) is 0 Å². The Balaban J connectivity index is 1.90. The molecule has 2 aliphatic heterocycles. The Kier molecular flexibility index (Phi) is 4.28. The SMILES string of the molecule is OCC[C@@H]1C[C@@H](O)[C@H](O)[C@]2(Cc3ccccc3CCO2)O1. The quantitative estimate of drug-likeness (QED) is 0.735. The largest absolute Gasteiger partial charge is 0.396 e. The molecule has 0 aromatic heterocycles. The van der Waals surface area contributed by atoms with E-state index in [9.17, 15) is 10.2 Å². The standard InChI is InChI=1S/C16H22O5/c17-7-5-13-9-14(18)15(19)16(21-13)10-12-4-2-1-3-11(12)6-8-20-16/h1-4,13-15,17-19H,5-10H2/t13-,14-,15+,16+/m1/s1. The van der Waals surface area contributed by atoms with Gasteiger partial charge in [-0.25, -0.2) is 0 Å². The topological polar surface area (TPSA) is 79.2 Å². The molecule has 21 heavy (non-hydrogen) atoms. The van der Waals surface area contributed by atoms with Crippen molar-refractivity contribution in [2.75, 3.05) is 13.2 Å². The number of aliphatic hydroxyl groups excluding tert-OH is 3. The van der Waals surface area contributed by atoms with Crippen molar-refractivity contribution < 1.29 is 24.8 Å². The van der Waals surface area contributed by atoms with Crippen LogP contribution in [0.25, 0.3) is 0 Å². The summed E-state index contributed by atoms with van der Waals surface area (Å²) < 4.78 is 11.8. The molecule has 5 heteroatoms. The molecule has 1 fully saturated rings. The maximum atomic E-state index is 10.4. The van der Waals surface area contributed by atoms with E-state index in [4.69, 9.17) is 14.6 Å². The Bertz CT molecular complexity index is 491. The number of hydrogen-bond acceptors (Lipinski definition) is 5. The van der Waals surface area contributed by atoms with Gasteiger partial charge in [-0.05, 0) is 24.0 Å². The average Bonchev–Trinajstić information content (AvgIpc) is 2.65. The molecule has 0 amide bonds. The molecule has 5 nitrogen and oxygen atoms in total. The van der Waals surface area contributed by atoms with Crippen LogP contribution >= 0.6 is 0 Å². The van der Waals surface area contributed by atoms with Gasteiger partial charge in [0.1, 0.15) is 6.10 Å². The summed E-state index contributed by atoms with van der Waals surface area (Å²) in [4.78, 5) is 0. The molecule has 2 heterocycles. The van der Waals surface area contributed by atoms with Gasteiger partial charge in [-0.2, -0.15) is 0 Å². The van der Waals surface area contributed by atoms with Crippen LogP contribution < -0.4 is 0 Å². The monoisotopic (exact) mass is 294 g/mol. The molecule has 3 N–H and O–H groups in total. The molecule has 1 aromatic carbocycles. The molecule has 0 saturated carbocycles. The molecule has 0 unspecified atom stereocenters. The summed E-state index contributed by atoms with van der Waals surface area (Å²) >= 11 is 0. The molecular weight excluding hydrogens is 272 g/mol. The molecule has 2 aliphatic rings. The van der Waals surface area contributed by atoms with Crippen molar-refractivity contribution in [1.29, 1.82) is 0 Å². The second-order valence-corrected chi connectivity index (χ2v) is 5.86. The minimum Gasteiger partial charge on any atom is -0.396 e. The van der Waals surface area contributed by atoms with Gasteiger partial charge < -0.3 is 24.8 Å². The van der Waals surface area contributed by atoms with E-state index >= 15 is 0 Å². The minimum atomic E-state index is -1.22. The first kappa shape index (κ1) is 14.9. The second kappa shape index (κ2) is 6.02.